The number of rotatable bonds is 3. The van der Waals surface area contributed by atoms with E-state index in [4.69, 9.17) is 0 Å². The monoisotopic (exact) mass is 203 g/mol. The molecule has 0 radical (unpaired) electrons. The zero-order valence-corrected chi connectivity index (χ0v) is 8.74. The highest BCUT2D eigenvalue weighted by Crippen LogP contribution is 2.11. The van der Waals surface area contributed by atoms with Crippen molar-refractivity contribution in [2.45, 2.75) is 18.5 Å². The van der Waals surface area contributed by atoms with Gasteiger partial charge in [-0.2, -0.15) is 5.10 Å². The molecule has 0 aliphatic rings. The summed E-state index contributed by atoms with van der Waals surface area (Å²) in [5.74, 6) is 0. The van der Waals surface area contributed by atoms with E-state index in [2.05, 4.69) is 5.10 Å². The largest absolute Gasteiger partial charge is 0.259 e. The number of aryl methyl sites for hydroxylation is 1. The Labute approximate surface area is 78.0 Å². The summed E-state index contributed by atoms with van der Waals surface area (Å²) in [4.78, 5) is 0. The molecule has 6 heteroatoms. The average molecular weight is 203 g/mol. The molecule has 0 unspecified atom stereocenters. The Balaban J connectivity index is 3.22. The normalized spacial score (nSPS) is 12.3. The van der Waals surface area contributed by atoms with Crippen molar-refractivity contribution in [3.05, 3.63) is 12.3 Å². The molecule has 0 spiro atoms. The summed E-state index contributed by atoms with van der Waals surface area (Å²) in [7, 11) is -0.338. The minimum Gasteiger partial charge on any atom is -0.253 e. The smallest absolute Gasteiger partial charge is 0.253 e. The van der Waals surface area contributed by atoms with Crippen LogP contribution in [0.15, 0.2) is 17.3 Å². The van der Waals surface area contributed by atoms with Crippen molar-refractivity contribution < 1.29 is 8.42 Å². The van der Waals surface area contributed by atoms with Gasteiger partial charge >= 0.3 is 0 Å². The van der Waals surface area contributed by atoms with Crippen molar-refractivity contribution in [2.75, 3.05) is 14.1 Å². The van der Waals surface area contributed by atoms with E-state index in [-0.39, 0.29) is 5.03 Å². The first-order chi connectivity index (χ1) is 6.00. The summed E-state index contributed by atoms with van der Waals surface area (Å²) in [5, 5.41) is 4.13. The first kappa shape index (κ1) is 10.2. The molecule has 5 nitrogen and oxygen atoms in total. The fourth-order valence-electron chi connectivity index (χ4n) is 0.964. The molecule has 0 bridgehead atoms. The second-order valence-electron chi connectivity index (χ2n) is 2.77. The Morgan fingerprint density at radius 1 is 1.54 bits per heavy atom. The van der Waals surface area contributed by atoms with E-state index >= 15 is 0 Å². The highest BCUT2D eigenvalue weighted by molar-refractivity contribution is 7.89. The third-order valence-electron chi connectivity index (χ3n) is 1.72. The van der Waals surface area contributed by atoms with E-state index in [1.807, 2.05) is 6.92 Å². The predicted octanol–water partition coefficient (Wildman–Crippen LogP) is 0.153. The SMILES string of the molecule is CCn1nccc1S(=O)(=O)N(C)C. The van der Waals surface area contributed by atoms with Crippen LogP contribution in [0.2, 0.25) is 0 Å². The van der Waals surface area contributed by atoms with Gasteiger partial charge in [-0.3, -0.25) is 4.68 Å². The van der Waals surface area contributed by atoms with Crippen molar-refractivity contribution in [3.8, 4) is 0 Å². The van der Waals surface area contributed by atoms with Gasteiger partial charge in [0, 0.05) is 20.6 Å². The third-order valence-corrected chi connectivity index (χ3v) is 3.56. The van der Waals surface area contributed by atoms with Gasteiger partial charge in [-0.25, -0.2) is 12.7 Å². The second kappa shape index (κ2) is 3.47. The van der Waals surface area contributed by atoms with Crippen LogP contribution >= 0.6 is 0 Å². The molecule has 0 N–H and O–H groups in total. The lowest BCUT2D eigenvalue weighted by atomic mass is 10.7. The van der Waals surface area contributed by atoms with Gasteiger partial charge in [0.05, 0.1) is 6.20 Å². The van der Waals surface area contributed by atoms with Crippen LogP contribution in [0.3, 0.4) is 0 Å². The van der Waals surface area contributed by atoms with Crippen molar-refractivity contribution in [1.29, 1.82) is 0 Å². The molecule has 74 valence electrons. The van der Waals surface area contributed by atoms with Gasteiger partial charge in [-0.15, -0.1) is 0 Å². The van der Waals surface area contributed by atoms with E-state index in [0.717, 1.165) is 0 Å². The number of hydrogen-bond donors (Lipinski definition) is 0. The van der Waals surface area contributed by atoms with E-state index in [1.165, 1.54) is 35.3 Å². The fraction of sp³-hybridized carbons (Fsp3) is 0.571. The van der Waals surface area contributed by atoms with Gasteiger partial charge < -0.3 is 0 Å². The van der Waals surface area contributed by atoms with Gasteiger partial charge in [-0.05, 0) is 13.0 Å². The van der Waals surface area contributed by atoms with Crippen LogP contribution in [0, 0.1) is 0 Å². The summed E-state index contributed by atoms with van der Waals surface area (Å²) in [6.07, 6.45) is 1.49. The van der Waals surface area contributed by atoms with Crippen LogP contribution < -0.4 is 0 Å². The van der Waals surface area contributed by atoms with Gasteiger partial charge in [-0.1, -0.05) is 0 Å². The van der Waals surface area contributed by atoms with Crippen molar-refractivity contribution in [3.63, 3.8) is 0 Å². The van der Waals surface area contributed by atoms with Gasteiger partial charge in [0.25, 0.3) is 10.0 Å². The van der Waals surface area contributed by atoms with Crippen LogP contribution in [0.4, 0.5) is 0 Å². The van der Waals surface area contributed by atoms with Crippen LogP contribution in [-0.4, -0.2) is 36.6 Å². The quantitative estimate of drug-likeness (QED) is 0.703. The minimum atomic E-state index is -3.34. The summed E-state index contributed by atoms with van der Waals surface area (Å²) in [5.41, 5.74) is 0. The predicted molar refractivity (Wildman–Crippen MR) is 48.8 cm³/mol. The first-order valence-electron chi connectivity index (χ1n) is 3.94. The Morgan fingerprint density at radius 2 is 2.15 bits per heavy atom. The van der Waals surface area contributed by atoms with E-state index in [9.17, 15) is 8.42 Å². The van der Waals surface area contributed by atoms with Crippen LogP contribution in [0.25, 0.3) is 0 Å². The zero-order chi connectivity index (χ0) is 10.1. The van der Waals surface area contributed by atoms with Gasteiger partial charge in [0.1, 0.15) is 0 Å². The maximum absolute atomic E-state index is 11.6. The maximum atomic E-state index is 11.6. The summed E-state index contributed by atoms with van der Waals surface area (Å²) in [6.45, 7) is 2.40. The van der Waals surface area contributed by atoms with Crippen LogP contribution in [0.1, 0.15) is 6.92 Å². The van der Waals surface area contributed by atoms with Crippen LogP contribution in [0.5, 0.6) is 0 Å². The van der Waals surface area contributed by atoms with Crippen molar-refractivity contribution in [2.24, 2.45) is 0 Å². The number of hydrogen-bond acceptors (Lipinski definition) is 3. The molecule has 1 aromatic rings. The lowest BCUT2D eigenvalue weighted by molar-refractivity contribution is 0.497. The third kappa shape index (κ3) is 1.73. The van der Waals surface area contributed by atoms with Crippen molar-refractivity contribution in [1.82, 2.24) is 14.1 Å². The molecular formula is C7H13N3O2S. The minimum absolute atomic E-state index is 0.236. The van der Waals surface area contributed by atoms with E-state index < -0.39 is 10.0 Å². The molecule has 0 aliphatic heterocycles. The zero-order valence-electron chi connectivity index (χ0n) is 7.93. The number of sulfonamides is 1. The summed E-state index contributed by atoms with van der Waals surface area (Å²) < 4.78 is 25.9. The lowest BCUT2D eigenvalue weighted by Gasteiger charge is -2.11. The highest BCUT2D eigenvalue weighted by atomic mass is 32.2. The Hall–Kier alpha value is -0.880. The van der Waals surface area contributed by atoms with Gasteiger partial charge in [0.2, 0.25) is 0 Å². The molecule has 0 atom stereocenters. The number of nitrogens with zero attached hydrogens (tertiary/aromatic N) is 3. The molecule has 0 amide bonds. The molecular weight excluding hydrogens is 190 g/mol. The molecule has 1 aromatic heterocycles. The molecule has 1 rings (SSSR count). The van der Waals surface area contributed by atoms with Crippen molar-refractivity contribution >= 4 is 10.0 Å². The molecule has 0 aliphatic carbocycles. The molecule has 0 fully saturated rings. The average Bonchev–Trinajstić information content (AvgIpc) is 2.51. The lowest BCUT2D eigenvalue weighted by Crippen LogP contribution is -2.25. The molecule has 13 heavy (non-hydrogen) atoms. The Bertz CT molecular complexity index is 380. The standard InChI is InChI=1S/C7H13N3O2S/c1-4-10-7(5-6-8-10)13(11,12)9(2)3/h5-6H,4H2,1-3H3. The molecule has 0 aromatic carbocycles. The molecule has 0 saturated carbocycles. The summed E-state index contributed by atoms with van der Waals surface area (Å²) in [6, 6.07) is 1.50. The fourth-order valence-corrected chi connectivity index (χ4v) is 2.01. The molecule has 0 saturated heterocycles. The summed E-state index contributed by atoms with van der Waals surface area (Å²) >= 11 is 0. The van der Waals surface area contributed by atoms with Gasteiger partial charge in [0.15, 0.2) is 5.03 Å². The van der Waals surface area contributed by atoms with E-state index in [1.54, 1.807) is 0 Å². The van der Waals surface area contributed by atoms with E-state index in [0.29, 0.717) is 6.54 Å². The highest BCUT2D eigenvalue weighted by Gasteiger charge is 2.20. The first-order valence-corrected chi connectivity index (χ1v) is 5.38. The number of aromatic nitrogens is 2. The Kier molecular flexibility index (Phi) is 2.72. The second-order valence-corrected chi connectivity index (χ2v) is 4.87. The topological polar surface area (TPSA) is 55.2 Å². The molecule has 1 heterocycles. The van der Waals surface area contributed by atoms with Crippen LogP contribution in [-0.2, 0) is 16.6 Å². The maximum Gasteiger partial charge on any atom is 0.259 e. The Morgan fingerprint density at radius 3 is 2.62 bits per heavy atom.